The van der Waals surface area contributed by atoms with Crippen molar-refractivity contribution >= 4 is 33.0 Å². The van der Waals surface area contributed by atoms with Crippen LogP contribution in [-0.2, 0) is 0 Å². The highest BCUT2D eigenvalue weighted by Gasteiger charge is 2.20. The van der Waals surface area contributed by atoms with E-state index in [0.29, 0.717) is 11.1 Å². The molecule has 0 saturated heterocycles. The van der Waals surface area contributed by atoms with Crippen LogP contribution >= 0.6 is 11.3 Å². The van der Waals surface area contributed by atoms with Crippen molar-refractivity contribution in [3.05, 3.63) is 71.1 Å². The highest BCUT2D eigenvalue weighted by molar-refractivity contribution is 7.17. The van der Waals surface area contributed by atoms with Crippen molar-refractivity contribution in [2.75, 3.05) is 0 Å². The third-order valence-electron chi connectivity index (χ3n) is 2.97. The van der Waals surface area contributed by atoms with E-state index in [9.17, 15) is 9.59 Å². The zero-order valence-electron chi connectivity index (χ0n) is 10.00. The summed E-state index contributed by atoms with van der Waals surface area (Å²) in [5, 5.41) is 2.61. The number of hydrogen-bond acceptors (Lipinski definition) is 3. The quantitative estimate of drug-likeness (QED) is 0.531. The Hall–Kier alpha value is -2.26. The number of Topliss-reactive ketones (excluding diaryl/α,β-unsaturated/α-hetero) is 2. The summed E-state index contributed by atoms with van der Waals surface area (Å²) in [4.78, 5) is 24.4. The van der Waals surface area contributed by atoms with E-state index >= 15 is 0 Å². The maximum Gasteiger partial charge on any atom is 0.234 e. The number of hydrogen-bond donors (Lipinski definition) is 0. The normalized spacial score (nSPS) is 10.5. The van der Waals surface area contributed by atoms with Crippen LogP contribution in [0.2, 0.25) is 0 Å². The van der Waals surface area contributed by atoms with Gasteiger partial charge in [-0.25, -0.2) is 0 Å². The summed E-state index contributed by atoms with van der Waals surface area (Å²) in [5.74, 6) is -0.896. The van der Waals surface area contributed by atoms with Crippen molar-refractivity contribution in [2.24, 2.45) is 0 Å². The molecule has 0 spiro atoms. The zero-order valence-corrected chi connectivity index (χ0v) is 10.8. The molecule has 0 fully saturated rings. The molecule has 2 nitrogen and oxygen atoms in total. The molecule has 1 aromatic heterocycles. The lowest BCUT2D eigenvalue weighted by Gasteiger charge is -1.99. The molecule has 92 valence electrons. The van der Waals surface area contributed by atoms with Gasteiger partial charge in [-0.1, -0.05) is 48.5 Å². The molecule has 3 heteroatoms. The molecular weight excluding hydrogens is 256 g/mol. The van der Waals surface area contributed by atoms with Gasteiger partial charge in [0.05, 0.1) is 0 Å². The second-order valence-corrected chi connectivity index (χ2v) is 5.08. The number of fused-ring (bicyclic) bond motifs is 1. The van der Waals surface area contributed by atoms with Gasteiger partial charge < -0.3 is 0 Å². The summed E-state index contributed by atoms with van der Waals surface area (Å²) in [6.45, 7) is 0. The molecule has 0 radical (unpaired) electrons. The molecule has 1 heterocycles. The molecule has 0 saturated carbocycles. The summed E-state index contributed by atoms with van der Waals surface area (Å²) < 4.78 is 1.02. The van der Waals surface area contributed by atoms with Crippen LogP contribution in [0.5, 0.6) is 0 Å². The number of carbonyl (C=O) groups is 2. The Labute approximate surface area is 114 Å². The second-order valence-electron chi connectivity index (χ2n) is 4.17. The highest BCUT2D eigenvalue weighted by atomic mass is 32.1. The van der Waals surface area contributed by atoms with Gasteiger partial charge in [0, 0.05) is 26.6 Å². The fourth-order valence-corrected chi connectivity index (χ4v) is 2.94. The molecule has 0 amide bonds. The predicted molar refractivity (Wildman–Crippen MR) is 76.9 cm³/mol. The Morgan fingerprint density at radius 3 is 2.26 bits per heavy atom. The van der Waals surface area contributed by atoms with Gasteiger partial charge in [0.15, 0.2) is 0 Å². The monoisotopic (exact) mass is 266 g/mol. The Morgan fingerprint density at radius 1 is 0.789 bits per heavy atom. The summed E-state index contributed by atoms with van der Waals surface area (Å²) in [6.07, 6.45) is 0. The molecule has 3 aromatic rings. The first-order valence-electron chi connectivity index (χ1n) is 5.87. The molecule has 0 atom stereocenters. The fourth-order valence-electron chi connectivity index (χ4n) is 2.00. The largest absolute Gasteiger partial charge is 0.285 e. The molecule has 19 heavy (non-hydrogen) atoms. The van der Waals surface area contributed by atoms with E-state index in [-0.39, 0.29) is 0 Å². The van der Waals surface area contributed by atoms with Crippen LogP contribution in [0.25, 0.3) is 10.1 Å². The van der Waals surface area contributed by atoms with Gasteiger partial charge in [-0.05, 0) is 6.07 Å². The van der Waals surface area contributed by atoms with Crippen LogP contribution in [0.3, 0.4) is 0 Å². The van der Waals surface area contributed by atoms with Gasteiger partial charge >= 0.3 is 0 Å². The zero-order chi connectivity index (χ0) is 13.2. The number of carbonyl (C=O) groups excluding carboxylic acids is 2. The molecule has 2 aromatic carbocycles. The number of benzene rings is 2. The second kappa shape index (κ2) is 4.78. The molecule has 0 bridgehead atoms. The summed E-state index contributed by atoms with van der Waals surface area (Å²) >= 11 is 1.48. The minimum absolute atomic E-state index is 0.433. The van der Waals surface area contributed by atoms with Gasteiger partial charge in [0.1, 0.15) is 0 Å². The fraction of sp³-hybridized carbons (Fsp3) is 0. The first kappa shape index (κ1) is 11.8. The first-order chi connectivity index (χ1) is 9.27. The van der Waals surface area contributed by atoms with Gasteiger partial charge in [0.25, 0.3) is 0 Å². The maximum absolute atomic E-state index is 12.3. The third kappa shape index (κ3) is 2.09. The van der Waals surface area contributed by atoms with Crippen LogP contribution in [0.15, 0.2) is 60.0 Å². The highest BCUT2D eigenvalue weighted by Crippen LogP contribution is 2.26. The molecule has 3 rings (SSSR count). The van der Waals surface area contributed by atoms with Gasteiger partial charge in [-0.15, -0.1) is 11.3 Å². The van der Waals surface area contributed by atoms with Crippen molar-refractivity contribution in [1.29, 1.82) is 0 Å². The van der Waals surface area contributed by atoms with E-state index in [1.165, 1.54) is 11.3 Å². The average Bonchev–Trinajstić information content (AvgIpc) is 2.90. The summed E-state index contributed by atoms with van der Waals surface area (Å²) in [5.41, 5.74) is 0.928. The minimum Gasteiger partial charge on any atom is -0.285 e. The van der Waals surface area contributed by atoms with Crippen LogP contribution in [0.1, 0.15) is 20.7 Å². The average molecular weight is 266 g/mol. The van der Waals surface area contributed by atoms with Crippen molar-refractivity contribution in [3.63, 3.8) is 0 Å². The lowest BCUT2D eigenvalue weighted by Crippen LogP contribution is -2.13. The predicted octanol–water partition coefficient (Wildman–Crippen LogP) is 3.97. The molecule has 0 N–H and O–H groups in total. The number of thiophene rings is 1. The van der Waals surface area contributed by atoms with Crippen molar-refractivity contribution in [3.8, 4) is 0 Å². The molecule has 0 aliphatic carbocycles. The van der Waals surface area contributed by atoms with Crippen molar-refractivity contribution < 1.29 is 9.59 Å². The summed E-state index contributed by atoms with van der Waals surface area (Å²) in [6, 6.07) is 16.3. The van der Waals surface area contributed by atoms with Gasteiger partial charge in [0.2, 0.25) is 11.6 Å². The Bertz CT molecular complexity index is 757. The van der Waals surface area contributed by atoms with E-state index in [4.69, 9.17) is 0 Å². The lowest BCUT2D eigenvalue weighted by molar-refractivity contribution is 0.0818. The van der Waals surface area contributed by atoms with Crippen LogP contribution in [0.4, 0.5) is 0 Å². The minimum atomic E-state index is -0.454. The van der Waals surface area contributed by atoms with Crippen molar-refractivity contribution in [1.82, 2.24) is 0 Å². The van der Waals surface area contributed by atoms with E-state index in [1.807, 2.05) is 30.3 Å². The maximum atomic E-state index is 12.3. The molecular formula is C16H10O2S. The Kier molecular flexibility index (Phi) is 2.97. The van der Waals surface area contributed by atoms with E-state index < -0.39 is 11.6 Å². The van der Waals surface area contributed by atoms with Gasteiger partial charge in [-0.2, -0.15) is 0 Å². The Balaban J connectivity index is 2.03. The molecule has 0 aliphatic heterocycles. The Morgan fingerprint density at radius 2 is 1.47 bits per heavy atom. The van der Waals surface area contributed by atoms with Crippen LogP contribution in [0, 0.1) is 0 Å². The van der Waals surface area contributed by atoms with E-state index in [2.05, 4.69) is 0 Å². The number of rotatable bonds is 3. The lowest BCUT2D eigenvalue weighted by atomic mass is 10.0. The van der Waals surface area contributed by atoms with Gasteiger partial charge in [-0.3, -0.25) is 9.59 Å². The summed E-state index contributed by atoms with van der Waals surface area (Å²) in [7, 11) is 0. The third-order valence-corrected chi connectivity index (χ3v) is 3.93. The first-order valence-corrected chi connectivity index (χ1v) is 6.75. The van der Waals surface area contributed by atoms with Crippen LogP contribution in [-0.4, -0.2) is 11.6 Å². The molecule has 0 aliphatic rings. The number of ketones is 2. The van der Waals surface area contributed by atoms with E-state index in [1.54, 1.807) is 29.6 Å². The van der Waals surface area contributed by atoms with E-state index in [0.717, 1.165) is 10.1 Å². The smallest absolute Gasteiger partial charge is 0.234 e. The molecule has 0 unspecified atom stereocenters. The van der Waals surface area contributed by atoms with Crippen LogP contribution < -0.4 is 0 Å². The van der Waals surface area contributed by atoms with Crippen molar-refractivity contribution in [2.45, 2.75) is 0 Å². The standard InChI is InChI=1S/C16H10O2S/c17-15(11-6-2-1-3-7-11)16(18)13-10-19-14-9-5-4-8-12(13)14/h1-10H. The topological polar surface area (TPSA) is 34.1 Å². The SMILES string of the molecule is O=C(C(=O)c1csc2ccccc12)c1ccccc1.